The van der Waals surface area contributed by atoms with Crippen LogP contribution >= 0.6 is 0 Å². The summed E-state index contributed by atoms with van der Waals surface area (Å²) in [6.45, 7) is 2.06. The van der Waals surface area contributed by atoms with E-state index in [9.17, 15) is 19.8 Å². The summed E-state index contributed by atoms with van der Waals surface area (Å²) in [6.07, 6.45) is 1.72. The largest absolute Gasteiger partial charge is 0.481 e. The van der Waals surface area contributed by atoms with Gasteiger partial charge in [0, 0.05) is 12.8 Å². The third-order valence-electron chi connectivity index (χ3n) is 3.36. The van der Waals surface area contributed by atoms with E-state index in [4.69, 9.17) is 10.2 Å². The Morgan fingerprint density at radius 1 is 1.00 bits per heavy atom. The van der Waals surface area contributed by atoms with Crippen LogP contribution in [0.15, 0.2) is 0 Å². The van der Waals surface area contributed by atoms with Crippen molar-refractivity contribution in [1.82, 2.24) is 0 Å². The molecule has 0 unspecified atom stereocenters. The number of carbonyl (C=O) groups is 2. The van der Waals surface area contributed by atoms with E-state index in [0.29, 0.717) is 6.42 Å². The van der Waals surface area contributed by atoms with Crippen LogP contribution in [0, 0.1) is 5.92 Å². The summed E-state index contributed by atoms with van der Waals surface area (Å²) in [4.78, 5) is 21.5. The lowest BCUT2D eigenvalue weighted by molar-refractivity contribution is -0.147. The van der Waals surface area contributed by atoms with E-state index in [1.807, 2.05) is 0 Å². The predicted octanol–water partition coefficient (Wildman–Crippen LogP) is 1.63. The summed E-state index contributed by atoms with van der Waals surface area (Å²) in [5.74, 6) is -2.99. The normalized spacial score (nSPS) is 15.6. The molecule has 6 heteroatoms. The van der Waals surface area contributed by atoms with Crippen LogP contribution in [0.3, 0.4) is 0 Å². The molecule has 4 N–H and O–H groups in total. The quantitative estimate of drug-likeness (QED) is 0.406. The van der Waals surface area contributed by atoms with Gasteiger partial charge >= 0.3 is 11.9 Å². The Bertz CT molecular complexity index is 291. The SMILES string of the molecule is CCCCCC[C@H](C(=O)O)[C@H](O)C[C@@H](O)CCC(=O)O. The van der Waals surface area contributed by atoms with Crippen molar-refractivity contribution < 1.29 is 30.0 Å². The second-order valence-electron chi connectivity index (χ2n) is 5.18. The van der Waals surface area contributed by atoms with Crippen molar-refractivity contribution in [2.75, 3.05) is 0 Å². The maximum absolute atomic E-state index is 11.1. The first-order valence-electron chi connectivity index (χ1n) is 7.19. The molecule has 0 rings (SSSR count). The van der Waals surface area contributed by atoms with Gasteiger partial charge in [-0.25, -0.2) is 0 Å². The number of rotatable bonds is 12. The topological polar surface area (TPSA) is 115 Å². The molecular formula is C14H26O6. The molecule has 0 radical (unpaired) electrons. The van der Waals surface area contributed by atoms with Crippen molar-refractivity contribution in [2.45, 2.75) is 70.5 Å². The first kappa shape index (κ1) is 18.9. The molecule has 0 saturated carbocycles. The van der Waals surface area contributed by atoms with E-state index >= 15 is 0 Å². The van der Waals surface area contributed by atoms with E-state index in [1.54, 1.807) is 0 Å². The van der Waals surface area contributed by atoms with Crippen molar-refractivity contribution >= 4 is 11.9 Å². The maximum Gasteiger partial charge on any atom is 0.309 e. The molecule has 0 aliphatic carbocycles. The number of hydrogen-bond donors (Lipinski definition) is 4. The van der Waals surface area contributed by atoms with Gasteiger partial charge in [-0.1, -0.05) is 32.6 Å². The molecule has 0 aromatic carbocycles. The van der Waals surface area contributed by atoms with E-state index < -0.39 is 30.1 Å². The fourth-order valence-corrected chi connectivity index (χ4v) is 2.12. The highest BCUT2D eigenvalue weighted by atomic mass is 16.4. The number of aliphatic hydroxyl groups excluding tert-OH is 2. The Morgan fingerprint density at radius 3 is 2.15 bits per heavy atom. The summed E-state index contributed by atoms with van der Waals surface area (Å²) >= 11 is 0. The molecule has 0 spiro atoms. The zero-order valence-corrected chi connectivity index (χ0v) is 12.0. The van der Waals surface area contributed by atoms with Crippen LogP contribution in [-0.2, 0) is 9.59 Å². The van der Waals surface area contributed by atoms with Gasteiger partial charge in [0.15, 0.2) is 0 Å². The van der Waals surface area contributed by atoms with Crippen molar-refractivity contribution in [2.24, 2.45) is 5.92 Å². The Kier molecular flexibility index (Phi) is 10.0. The smallest absolute Gasteiger partial charge is 0.309 e. The van der Waals surface area contributed by atoms with Gasteiger partial charge in [-0.2, -0.15) is 0 Å². The summed E-state index contributed by atoms with van der Waals surface area (Å²) in [5.41, 5.74) is 0. The van der Waals surface area contributed by atoms with Crippen LogP contribution in [0.1, 0.15) is 58.3 Å². The number of carboxylic acid groups (broad SMARTS) is 2. The minimum Gasteiger partial charge on any atom is -0.481 e. The average molecular weight is 290 g/mol. The van der Waals surface area contributed by atoms with Crippen molar-refractivity contribution in [3.63, 3.8) is 0 Å². The fourth-order valence-electron chi connectivity index (χ4n) is 2.12. The molecule has 3 atom stereocenters. The Morgan fingerprint density at radius 2 is 1.65 bits per heavy atom. The Hall–Kier alpha value is -1.14. The molecule has 0 saturated heterocycles. The van der Waals surface area contributed by atoms with Crippen molar-refractivity contribution in [3.05, 3.63) is 0 Å². The van der Waals surface area contributed by atoms with Gasteiger partial charge in [0.2, 0.25) is 0 Å². The molecule has 0 fully saturated rings. The van der Waals surface area contributed by atoms with E-state index in [0.717, 1.165) is 25.7 Å². The predicted molar refractivity (Wildman–Crippen MR) is 73.4 cm³/mol. The molecule has 0 aromatic rings. The van der Waals surface area contributed by atoms with E-state index in [2.05, 4.69) is 6.92 Å². The number of aliphatic hydroxyl groups is 2. The van der Waals surface area contributed by atoms with Crippen LogP contribution in [0.4, 0.5) is 0 Å². The minimum absolute atomic E-state index is 0.0224. The second kappa shape index (κ2) is 10.6. The standard InChI is InChI=1S/C14H26O6/c1-2-3-4-5-6-11(14(19)20)12(16)9-10(15)7-8-13(17)18/h10-12,15-16H,2-9H2,1H3,(H,17,18)(H,19,20)/t10-,11-,12+/m0/s1. The molecule has 0 aromatic heterocycles. The van der Waals surface area contributed by atoms with Crippen LogP contribution in [0.5, 0.6) is 0 Å². The lowest BCUT2D eigenvalue weighted by atomic mass is 9.91. The molecule has 0 aliphatic rings. The number of aliphatic carboxylic acids is 2. The van der Waals surface area contributed by atoms with Gasteiger partial charge < -0.3 is 20.4 Å². The van der Waals surface area contributed by atoms with Crippen LogP contribution in [-0.4, -0.2) is 44.6 Å². The van der Waals surface area contributed by atoms with Crippen LogP contribution in [0.2, 0.25) is 0 Å². The molecule has 0 bridgehead atoms. The fraction of sp³-hybridized carbons (Fsp3) is 0.857. The monoisotopic (exact) mass is 290 g/mol. The Labute approximate surface area is 119 Å². The molecule has 0 aliphatic heterocycles. The van der Waals surface area contributed by atoms with Gasteiger partial charge in [-0.15, -0.1) is 0 Å². The van der Waals surface area contributed by atoms with Gasteiger partial charge in [0.05, 0.1) is 18.1 Å². The van der Waals surface area contributed by atoms with Gasteiger partial charge in [-0.05, 0) is 12.8 Å². The zero-order valence-electron chi connectivity index (χ0n) is 12.0. The molecule has 20 heavy (non-hydrogen) atoms. The highest BCUT2D eigenvalue weighted by Gasteiger charge is 2.27. The molecule has 0 heterocycles. The lowest BCUT2D eigenvalue weighted by Gasteiger charge is -2.21. The molecule has 6 nitrogen and oxygen atoms in total. The number of unbranched alkanes of at least 4 members (excludes halogenated alkanes) is 3. The lowest BCUT2D eigenvalue weighted by Crippen LogP contribution is -2.31. The molecular weight excluding hydrogens is 264 g/mol. The number of hydrogen-bond acceptors (Lipinski definition) is 4. The minimum atomic E-state index is -1.14. The third-order valence-corrected chi connectivity index (χ3v) is 3.36. The van der Waals surface area contributed by atoms with Crippen LogP contribution < -0.4 is 0 Å². The third kappa shape index (κ3) is 8.87. The summed E-state index contributed by atoms with van der Waals surface area (Å²) in [5, 5.41) is 37.1. The van der Waals surface area contributed by atoms with Gasteiger partial charge in [-0.3, -0.25) is 9.59 Å². The highest BCUT2D eigenvalue weighted by Crippen LogP contribution is 2.19. The summed E-state index contributed by atoms with van der Waals surface area (Å²) in [7, 11) is 0. The van der Waals surface area contributed by atoms with E-state index in [1.165, 1.54) is 0 Å². The van der Waals surface area contributed by atoms with Crippen molar-refractivity contribution in [3.8, 4) is 0 Å². The van der Waals surface area contributed by atoms with Gasteiger partial charge in [0.25, 0.3) is 0 Å². The first-order valence-corrected chi connectivity index (χ1v) is 7.19. The molecule has 0 amide bonds. The first-order chi connectivity index (χ1) is 9.38. The number of carboxylic acids is 2. The maximum atomic E-state index is 11.1. The molecule has 118 valence electrons. The van der Waals surface area contributed by atoms with Crippen LogP contribution in [0.25, 0.3) is 0 Å². The second-order valence-corrected chi connectivity index (χ2v) is 5.18. The summed E-state index contributed by atoms with van der Waals surface area (Å²) < 4.78 is 0. The average Bonchev–Trinajstić information content (AvgIpc) is 2.35. The highest BCUT2D eigenvalue weighted by molar-refractivity contribution is 5.70. The zero-order chi connectivity index (χ0) is 15.5. The van der Waals surface area contributed by atoms with Gasteiger partial charge in [0.1, 0.15) is 0 Å². The van der Waals surface area contributed by atoms with E-state index in [-0.39, 0.29) is 19.3 Å². The summed E-state index contributed by atoms with van der Waals surface area (Å²) in [6, 6.07) is 0. The van der Waals surface area contributed by atoms with Crippen molar-refractivity contribution in [1.29, 1.82) is 0 Å². The Balaban J connectivity index is 4.16.